The van der Waals surface area contributed by atoms with E-state index in [0.717, 1.165) is 42.6 Å². The second-order valence-electron chi connectivity index (χ2n) is 8.54. The molecule has 2 fully saturated rings. The first-order valence-corrected chi connectivity index (χ1v) is 10.9. The number of nitrogens with one attached hydrogen (secondary N) is 1. The number of esters is 1. The van der Waals surface area contributed by atoms with E-state index >= 15 is 0 Å². The molecule has 1 heterocycles. The lowest BCUT2D eigenvalue weighted by Gasteiger charge is -2.26. The summed E-state index contributed by atoms with van der Waals surface area (Å²) in [4.78, 5) is 51.2. The van der Waals surface area contributed by atoms with Gasteiger partial charge in [0.15, 0.2) is 6.61 Å². The highest BCUT2D eigenvalue weighted by atomic mass is 16.5. The third-order valence-electron chi connectivity index (χ3n) is 6.65. The predicted octanol–water partition coefficient (Wildman–Crippen LogP) is 2.29. The molecule has 0 radical (unpaired) electrons. The number of fused-ring (bicyclic) bond motifs is 2. The maximum atomic E-state index is 12.6. The maximum absolute atomic E-state index is 12.6. The Kier molecular flexibility index (Phi) is 5.88. The largest absolute Gasteiger partial charge is 0.454 e. The molecule has 1 aromatic rings. The van der Waals surface area contributed by atoms with Gasteiger partial charge in [0.05, 0.1) is 17.9 Å². The Morgan fingerprint density at radius 3 is 2.43 bits per heavy atom. The van der Waals surface area contributed by atoms with Gasteiger partial charge in [-0.05, 0) is 50.2 Å². The summed E-state index contributed by atoms with van der Waals surface area (Å²) in [7, 11) is 0. The molecule has 4 rings (SSSR count). The lowest BCUT2D eigenvalue weighted by molar-refractivity contribution is -0.159. The van der Waals surface area contributed by atoms with E-state index in [-0.39, 0.29) is 35.6 Å². The van der Waals surface area contributed by atoms with E-state index in [4.69, 9.17) is 4.74 Å². The van der Waals surface area contributed by atoms with Gasteiger partial charge in [0.1, 0.15) is 6.04 Å². The molecule has 2 aliphatic carbocycles. The first-order chi connectivity index (χ1) is 14.5. The van der Waals surface area contributed by atoms with Crippen LogP contribution in [0.15, 0.2) is 24.3 Å². The molecule has 160 valence electrons. The fraction of sp³-hybridized carbons (Fsp3) is 0.565. The van der Waals surface area contributed by atoms with Crippen molar-refractivity contribution in [2.75, 3.05) is 6.61 Å². The quantitative estimate of drug-likeness (QED) is 0.592. The SMILES string of the molecule is C[C@@H](C(=O)OCC(=O)N[C@H]1CCCc2ccccc21)N1C(=O)[C@H]2CCCC[C@H]2C1=O. The summed E-state index contributed by atoms with van der Waals surface area (Å²) in [6, 6.07) is 6.91. The molecule has 3 aliphatic rings. The molecule has 3 amide bonds. The van der Waals surface area contributed by atoms with Crippen molar-refractivity contribution in [1.82, 2.24) is 10.2 Å². The van der Waals surface area contributed by atoms with Crippen molar-refractivity contribution in [1.29, 1.82) is 0 Å². The van der Waals surface area contributed by atoms with Crippen LogP contribution in [0.3, 0.4) is 0 Å². The van der Waals surface area contributed by atoms with Crippen molar-refractivity contribution < 1.29 is 23.9 Å². The third-order valence-corrected chi connectivity index (χ3v) is 6.65. The van der Waals surface area contributed by atoms with Gasteiger partial charge in [0.2, 0.25) is 11.8 Å². The molecular formula is C23H28N2O5. The number of imide groups is 1. The summed E-state index contributed by atoms with van der Waals surface area (Å²) in [6.07, 6.45) is 6.06. The third kappa shape index (κ3) is 3.85. The van der Waals surface area contributed by atoms with E-state index < -0.39 is 18.6 Å². The fourth-order valence-electron chi connectivity index (χ4n) is 5.07. The fourth-order valence-corrected chi connectivity index (χ4v) is 5.07. The zero-order valence-electron chi connectivity index (χ0n) is 17.3. The van der Waals surface area contributed by atoms with Crippen LogP contribution in [0.4, 0.5) is 0 Å². The Hall–Kier alpha value is -2.70. The zero-order chi connectivity index (χ0) is 21.3. The van der Waals surface area contributed by atoms with Crippen LogP contribution in [0.25, 0.3) is 0 Å². The average molecular weight is 412 g/mol. The topological polar surface area (TPSA) is 92.8 Å². The van der Waals surface area contributed by atoms with E-state index in [9.17, 15) is 19.2 Å². The van der Waals surface area contributed by atoms with Crippen LogP contribution in [0.1, 0.15) is 62.6 Å². The number of likely N-dealkylation sites (tertiary alicyclic amines) is 1. The molecule has 0 aromatic heterocycles. The van der Waals surface area contributed by atoms with Crippen molar-refractivity contribution in [3.8, 4) is 0 Å². The van der Waals surface area contributed by atoms with Crippen LogP contribution in [0, 0.1) is 11.8 Å². The van der Waals surface area contributed by atoms with Gasteiger partial charge in [-0.2, -0.15) is 0 Å². The number of amides is 3. The molecule has 0 spiro atoms. The van der Waals surface area contributed by atoms with Crippen molar-refractivity contribution in [3.05, 3.63) is 35.4 Å². The van der Waals surface area contributed by atoms with Gasteiger partial charge < -0.3 is 10.1 Å². The monoisotopic (exact) mass is 412 g/mol. The number of rotatable bonds is 5. The van der Waals surface area contributed by atoms with Crippen LogP contribution in [-0.4, -0.2) is 41.2 Å². The summed E-state index contributed by atoms with van der Waals surface area (Å²) in [5, 5.41) is 2.93. The van der Waals surface area contributed by atoms with Gasteiger partial charge in [-0.1, -0.05) is 37.1 Å². The lowest BCUT2D eigenvalue weighted by atomic mass is 9.81. The van der Waals surface area contributed by atoms with Crippen LogP contribution in [0.5, 0.6) is 0 Å². The van der Waals surface area contributed by atoms with Crippen LogP contribution >= 0.6 is 0 Å². The van der Waals surface area contributed by atoms with Gasteiger partial charge in [-0.25, -0.2) is 4.79 Å². The molecule has 0 unspecified atom stereocenters. The summed E-state index contributed by atoms with van der Waals surface area (Å²) in [5.74, 6) is -2.29. The molecule has 1 saturated carbocycles. The van der Waals surface area contributed by atoms with E-state index in [1.54, 1.807) is 0 Å². The van der Waals surface area contributed by atoms with Crippen LogP contribution < -0.4 is 5.32 Å². The van der Waals surface area contributed by atoms with Crippen molar-refractivity contribution in [2.24, 2.45) is 11.8 Å². The van der Waals surface area contributed by atoms with Gasteiger partial charge in [0, 0.05) is 0 Å². The van der Waals surface area contributed by atoms with Gasteiger partial charge in [-0.15, -0.1) is 0 Å². The molecule has 7 nitrogen and oxygen atoms in total. The summed E-state index contributed by atoms with van der Waals surface area (Å²) in [6.45, 7) is 1.07. The van der Waals surface area contributed by atoms with E-state index in [1.165, 1.54) is 12.5 Å². The van der Waals surface area contributed by atoms with Crippen LogP contribution in [-0.2, 0) is 30.3 Å². The van der Waals surface area contributed by atoms with E-state index in [2.05, 4.69) is 11.4 Å². The molecule has 7 heteroatoms. The summed E-state index contributed by atoms with van der Waals surface area (Å²) in [5.41, 5.74) is 2.33. The van der Waals surface area contributed by atoms with Crippen molar-refractivity contribution in [3.63, 3.8) is 0 Å². The molecule has 30 heavy (non-hydrogen) atoms. The minimum absolute atomic E-state index is 0.0940. The summed E-state index contributed by atoms with van der Waals surface area (Å²) >= 11 is 0. The van der Waals surface area contributed by atoms with Crippen molar-refractivity contribution >= 4 is 23.7 Å². The number of hydrogen-bond acceptors (Lipinski definition) is 5. The number of ether oxygens (including phenoxy) is 1. The highest BCUT2D eigenvalue weighted by Gasteiger charge is 2.51. The molecule has 0 bridgehead atoms. The van der Waals surface area contributed by atoms with Crippen molar-refractivity contribution in [2.45, 2.75) is 64.0 Å². The highest BCUT2D eigenvalue weighted by Crippen LogP contribution is 2.39. The highest BCUT2D eigenvalue weighted by molar-refractivity contribution is 6.07. The van der Waals surface area contributed by atoms with Gasteiger partial charge in [0.25, 0.3) is 5.91 Å². The lowest BCUT2D eigenvalue weighted by Crippen LogP contribution is -2.45. The zero-order valence-corrected chi connectivity index (χ0v) is 17.3. The van der Waals surface area contributed by atoms with Crippen LogP contribution in [0.2, 0.25) is 0 Å². The Morgan fingerprint density at radius 1 is 1.07 bits per heavy atom. The standard InChI is InChI=1S/C23H28N2O5/c1-14(25-21(27)17-10-4-5-11-18(17)22(25)28)23(29)30-13-20(26)24-19-12-6-8-15-7-2-3-9-16(15)19/h2-3,7,9,14,17-19H,4-6,8,10-13H2,1H3,(H,24,26)/t14-,17-,18+,19-/m0/s1. The Morgan fingerprint density at radius 2 is 1.73 bits per heavy atom. The minimum atomic E-state index is -1.01. The number of hydrogen-bond donors (Lipinski definition) is 1. The number of carbonyl (C=O) groups is 4. The second-order valence-corrected chi connectivity index (χ2v) is 8.54. The van der Waals surface area contributed by atoms with Gasteiger partial charge >= 0.3 is 5.97 Å². The number of benzene rings is 1. The van der Waals surface area contributed by atoms with E-state index in [1.807, 2.05) is 18.2 Å². The molecule has 1 N–H and O–H groups in total. The molecule has 1 aliphatic heterocycles. The number of carbonyl (C=O) groups excluding carboxylic acids is 4. The Labute approximate surface area is 176 Å². The molecule has 4 atom stereocenters. The first-order valence-electron chi connectivity index (χ1n) is 10.9. The Bertz CT molecular complexity index is 843. The number of aryl methyl sites for hydroxylation is 1. The predicted molar refractivity (Wildman–Crippen MR) is 108 cm³/mol. The molecular weight excluding hydrogens is 384 g/mol. The molecule has 1 saturated heterocycles. The minimum Gasteiger partial charge on any atom is -0.454 e. The maximum Gasteiger partial charge on any atom is 0.329 e. The van der Waals surface area contributed by atoms with Gasteiger partial charge in [-0.3, -0.25) is 19.3 Å². The first kappa shape index (κ1) is 20.6. The Balaban J connectivity index is 1.32. The second kappa shape index (κ2) is 8.58. The van der Waals surface area contributed by atoms with E-state index in [0.29, 0.717) is 12.8 Å². The molecule has 1 aromatic carbocycles. The normalized spacial score (nSPS) is 26.6. The number of nitrogens with zero attached hydrogens (tertiary/aromatic N) is 1. The summed E-state index contributed by atoms with van der Waals surface area (Å²) < 4.78 is 5.16. The average Bonchev–Trinajstić information content (AvgIpc) is 3.02. The smallest absolute Gasteiger partial charge is 0.329 e.